The van der Waals surface area contributed by atoms with Crippen LogP contribution in [0, 0.1) is 18.7 Å². The predicted octanol–water partition coefficient (Wildman–Crippen LogP) is 7.25. The lowest BCUT2D eigenvalue weighted by Crippen LogP contribution is -2.55. The van der Waals surface area contributed by atoms with Gasteiger partial charge in [0.2, 0.25) is 11.8 Å². The Kier molecular flexibility index (Phi) is 10.6. The lowest BCUT2D eigenvalue weighted by molar-refractivity contribution is -0.145. The number of aromatic nitrogens is 2. The van der Waals surface area contributed by atoms with Gasteiger partial charge in [-0.1, -0.05) is 44.9 Å². The molecule has 2 fully saturated rings. The second kappa shape index (κ2) is 15.4. The molecule has 5 atom stereocenters. The van der Waals surface area contributed by atoms with Crippen molar-refractivity contribution in [2.24, 2.45) is 5.92 Å². The number of allylic oxidation sites excluding steroid dienone is 1. The standard InChI is InChI=1S/C41H46FN5O6S/c1-23(2)32-22-54-38(45-32)31-19-35(29-15-16-34(52-4)24(3)36(29)44-31)53-28-18-33-37(48)46-41(40(50)51)20-25(41)11-8-6-5-7-9-14-30(39(49)47(33)21-28)43-27-13-10-12-26(42)17-27/h8,10-13,15-17,19,22-23,25,28,30,33,43H,5-7,9,14,18,20-21H2,1-4H3,(H,46,48)(H,50,51)/b11-8-/t25-,28-,30?,33+,41-/m1/s1. The average molecular weight is 756 g/mol. The second-order valence-corrected chi connectivity index (χ2v) is 15.7. The molecule has 2 aliphatic heterocycles. The summed E-state index contributed by atoms with van der Waals surface area (Å²) in [6.07, 6.45) is 7.32. The van der Waals surface area contributed by atoms with Crippen molar-refractivity contribution >= 4 is 45.7 Å². The summed E-state index contributed by atoms with van der Waals surface area (Å²) in [6, 6.07) is 9.79. The SMILES string of the molecule is COc1ccc2c(O[C@@H]3C[C@H]4C(=O)N[C@]5(C(=O)O)C[C@H]5/C=C\CCCCCC(Nc5cccc(F)c5)C(=O)N4C3)cc(-c3nc(C(C)C)cs3)nc2c1C. The summed E-state index contributed by atoms with van der Waals surface area (Å²) < 4.78 is 26.6. The van der Waals surface area contributed by atoms with E-state index in [1.807, 2.05) is 42.7 Å². The maximum absolute atomic E-state index is 14.6. The Balaban J connectivity index is 1.25. The van der Waals surface area contributed by atoms with Gasteiger partial charge < -0.3 is 30.1 Å². The topological polar surface area (TPSA) is 143 Å². The maximum Gasteiger partial charge on any atom is 0.330 e. The van der Waals surface area contributed by atoms with Gasteiger partial charge in [0.05, 0.1) is 24.9 Å². The molecule has 0 bridgehead atoms. The van der Waals surface area contributed by atoms with Crippen molar-refractivity contribution < 1.29 is 33.4 Å². The third-order valence-corrected chi connectivity index (χ3v) is 11.7. The number of pyridine rings is 1. The number of nitrogens with one attached hydrogen (secondary N) is 2. The zero-order valence-electron chi connectivity index (χ0n) is 30.9. The molecular formula is C41H46FN5O6S. The lowest BCUT2D eigenvalue weighted by Gasteiger charge is -2.30. The number of carbonyl (C=O) groups excluding carboxylic acids is 2. The smallest absolute Gasteiger partial charge is 0.330 e. The van der Waals surface area contributed by atoms with E-state index in [0.717, 1.165) is 47.3 Å². The number of amides is 2. The fourth-order valence-electron chi connectivity index (χ4n) is 7.58. The van der Waals surface area contributed by atoms with Gasteiger partial charge in [-0.3, -0.25) is 9.59 Å². The van der Waals surface area contributed by atoms with Crippen LogP contribution < -0.4 is 20.1 Å². The molecule has 1 saturated carbocycles. The van der Waals surface area contributed by atoms with Crippen LogP contribution in [0.3, 0.4) is 0 Å². The summed E-state index contributed by atoms with van der Waals surface area (Å²) in [5.74, 6) is -1.32. The Bertz CT molecular complexity index is 2100. The summed E-state index contributed by atoms with van der Waals surface area (Å²) in [5, 5.41) is 19.8. The van der Waals surface area contributed by atoms with E-state index < -0.39 is 41.4 Å². The Morgan fingerprint density at radius 2 is 1.96 bits per heavy atom. The number of ether oxygens (including phenoxy) is 2. The van der Waals surface area contributed by atoms with Crippen molar-refractivity contribution in [1.82, 2.24) is 20.2 Å². The van der Waals surface area contributed by atoms with Crippen molar-refractivity contribution in [3.63, 3.8) is 0 Å². The van der Waals surface area contributed by atoms with E-state index in [-0.39, 0.29) is 37.1 Å². The van der Waals surface area contributed by atoms with E-state index in [1.165, 1.54) is 28.4 Å². The van der Waals surface area contributed by atoms with Gasteiger partial charge in [-0.15, -0.1) is 11.3 Å². The van der Waals surface area contributed by atoms with Gasteiger partial charge in [0, 0.05) is 40.4 Å². The van der Waals surface area contributed by atoms with Crippen LogP contribution >= 0.6 is 11.3 Å². The maximum atomic E-state index is 14.6. The number of fused-ring (bicyclic) bond motifs is 3. The summed E-state index contributed by atoms with van der Waals surface area (Å²) in [4.78, 5) is 52.7. The van der Waals surface area contributed by atoms with Crippen LogP contribution in [-0.4, -0.2) is 75.1 Å². The molecule has 284 valence electrons. The van der Waals surface area contributed by atoms with Gasteiger partial charge in [0.1, 0.15) is 51.7 Å². The molecule has 4 aromatic rings. The first kappa shape index (κ1) is 37.3. The van der Waals surface area contributed by atoms with Crippen LogP contribution in [0.4, 0.5) is 10.1 Å². The predicted molar refractivity (Wildman–Crippen MR) is 205 cm³/mol. The van der Waals surface area contributed by atoms with Gasteiger partial charge >= 0.3 is 5.97 Å². The number of nitrogens with zero attached hydrogens (tertiary/aromatic N) is 3. The number of hydrogen-bond acceptors (Lipinski definition) is 9. The molecule has 1 saturated heterocycles. The molecule has 3 N–H and O–H groups in total. The van der Waals surface area contributed by atoms with E-state index in [1.54, 1.807) is 19.2 Å². The largest absolute Gasteiger partial charge is 0.496 e. The number of carboxylic acid groups (broad SMARTS) is 1. The molecule has 0 spiro atoms. The Labute approximate surface area is 318 Å². The summed E-state index contributed by atoms with van der Waals surface area (Å²) in [5.41, 5.74) is 2.12. The number of rotatable bonds is 8. The van der Waals surface area contributed by atoms with E-state index in [0.29, 0.717) is 34.8 Å². The van der Waals surface area contributed by atoms with Gasteiger partial charge in [-0.05, 0) is 68.9 Å². The highest BCUT2D eigenvalue weighted by Gasteiger charge is 2.61. The van der Waals surface area contributed by atoms with Gasteiger partial charge in [-0.2, -0.15) is 0 Å². The fourth-order valence-corrected chi connectivity index (χ4v) is 8.52. The first-order chi connectivity index (χ1) is 26.0. The van der Waals surface area contributed by atoms with E-state index in [9.17, 15) is 23.9 Å². The van der Waals surface area contributed by atoms with Crippen LogP contribution in [0.5, 0.6) is 11.5 Å². The van der Waals surface area contributed by atoms with Crippen LogP contribution in [0.25, 0.3) is 21.6 Å². The van der Waals surface area contributed by atoms with Crippen molar-refractivity contribution in [2.75, 3.05) is 19.0 Å². The van der Waals surface area contributed by atoms with Gasteiger partial charge in [-0.25, -0.2) is 19.2 Å². The van der Waals surface area contributed by atoms with Crippen LogP contribution in [0.1, 0.15) is 76.0 Å². The first-order valence-electron chi connectivity index (χ1n) is 18.6. The number of hydrogen-bond donors (Lipinski definition) is 3. The summed E-state index contributed by atoms with van der Waals surface area (Å²) in [6.45, 7) is 6.18. The van der Waals surface area contributed by atoms with E-state index in [4.69, 9.17) is 19.4 Å². The fraction of sp³-hybridized carbons (Fsp3) is 0.439. The zero-order chi connectivity index (χ0) is 38.1. The Morgan fingerprint density at radius 3 is 2.70 bits per heavy atom. The normalized spacial score (nSPS) is 25.3. The minimum atomic E-state index is -1.43. The molecule has 4 heterocycles. The molecule has 1 aliphatic carbocycles. The van der Waals surface area contributed by atoms with E-state index in [2.05, 4.69) is 24.5 Å². The highest BCUT2D eigenvalue weighted by molar-refractivity contribution is 7.13. The third-order valence-electron chi connectivity index (χ3n) is 10.8. The molecule has 3 aliphatic rings. The van der Waals surface area contributed by atoms with Crippen LogP contribution in [-0.2, 0) is 14.4 Å². The van der Waals surface area contributed by atoms with Gasteiger partial charge in [0.15, 0.2) is 0 Å². The lowest BCUT2D eigenvalue weighted by atomic mass is 10.0. The number of methoxy groups -OCH3 is 1. The molecule has 2 aromatic carbocycles. The van der Waals surface area contributed by atoms with Crippen molar-refractivity contribution in [3.05, 3.63) is 77.1 Å². The quantitative estimate of drug-likeness (QED) is 0.159. The second-order valence-electron chi connectivity index (χ2n) is 14.9. The zero-order valence-corrected chi connectivity index (χ0v) is 31.7. The van der Waals surface area contributed by atoms with Crippen molar-refractivity contribution in [1.29, 1.82) is 0 Å². The number of halogens is 1. The van der Waals surface area contributed by atoms with E-state index >= 15 is 0 Å². The number of carboxylic acids is 1. The van der Waals surface area contributed by atoms with Crippen molar-refractivity contribution in [2.45, 2.75) is 95.4 Å². The molecule has 1 unspecified atom stereocenters. The molecule has 13 heteroatoms. The Morgan fingerprint density at radius 1 is 1.13 bits per heavy atom. The molecule has 2 amide bonds. The summed E-state index contributed by atoms with van der Waals surface area (Å²) >= 11 is 1.50. The Hall–Kier alpha value is -5.04. The number of aryl methyl sites for hydroxylation is 1. The number of benzene rings is 2. The van der Waals surface area contributed by atoms with Crippen molar-refractivity contribution in [3.8, 4) is 22.2 Å². The summed E-state index contributed by atoms with van der Waals surface area (Å²) in [7, 11) is 1.61. The van der Waals surface area contributed by atoms with Gasteiger partial charge in [0.25, 0.3) is 0 Å². The minimum Gasteiger partial charge on any atom is -0.496 e. The molecular weight excluding hydrogens is 710 g/mol. The highest BCUT2D eigenvalue weighted by atomic mass is 32.1. The van der Waals surface area contributed by atoms with Crippen LogP contribution in [0.15, 0.2) is 60.0 Å². The third kappa shape index (κ3) is 7.51. The monoisotopic (exact) mass is 755 g/mol. The molecule has 54 heavy (non-hydrogen) atoms. The number of carbonyl (C=O) groups is 3. The number of thiazole rings is 1. The first-order valence-corrected chi connectivity index (χ1v) is 19.5. The molecule has 11 nitrogen and oxygen atoms in total. The molecule has 7 rings (SSSR count). The minimum absolute atomic E-state index is 0.0741. The molecule has 2 aromatic heterocycles. The number of anilines is 1. The molecule has 0 radical (unpaired) electrons. The highest BCUT2D eigenvalue weighted by Crippen LogP contribution is 2.46. The van der Waals surface area contributed by atoms with Crippen LogP contribution in [0.2, 0.25) is 0 Å². The number of aliphatic carboxylic acids is 1. The average Bonchev–Trinajstić information content (AvgIpc) is 3.44.